The number of rotatable bonds is 16. The topological polar surface area (TPSA) is 52.6 Å². The molecule has 0 aromatic rings. The Morgan fingerprint density at radius 3 is 0.836 bits per heavy atom. The third-order valence-corrected chi connectivity index (χ3v) is 6.22. The van der Waals surface area contributed by atoms with Gasteiger partial charge in [-0.2, -0.15) is 132 Å². The Hall–Kier alpha value is -3.42. The molecule has 326 valence electrons. The molecule has 0 radical (unpaired) electrons. The van der Waals surface area contributed by atoms with Crippen molar-refractivity contribution in [3.63, 3.8) is 0 Å². The lowest BCUT2D eigenvalue weighted by Crippen LogP contribution is -2.73. The maximum atomic E-state index is 13.8. The Morgan fingerprint density at radius 2 is 0.582 bits per heavy atom. The van der Waals surface area contributed by atoms with E-state index in [-0.39, 0.29) is 6.92 Å². The molecule has 0 aliphatic carbocycles. The second-order valence-corrected chi connectivity index (χ2v) is 10.2. The van der Waals surface area contributed by atoms with Gasteiger partial charge in [-0.15, -0.1) is 0 Å². The molecule has 4 nitrogen and oxygen atoms in total. The fraction of sp³-hybridized carbons (Fsp3) is 0.810. The van der Waals surface area contributed by atoms with Crippen LogP contribution in [0.3, 0.4) is 0 Å². The van der Waals surface area contributed by atoms with Gasteiger partial charge in [0.05, 0.1) is 0 Å². The fourth-order valence-corrected chi connectivity index (χ4v) is 2.89. The highest BCUT2D eigenvalue weighted by molar-refractivity contribution is 5.95. The molecule has 0 saturated heterocycles. The number of ether oxygens (including phenoxy) is 2. The fourth-order valence-electron chi connectivity index (χ4n) is 2.89. The predicted octanol–water partition coefficient (Wildman–Crippen LogP) is 9.77. The molecule has 0 rings (SSSR count). The van der Waals surface area contributed by atoms with Crippen molar-refractivity contribution in [2.24, 2.45) is 0 Å². The monoisotopic (exact) mass is 894 g/mol. The summed E-state index contributed by atoms with van der Waals surface area (Å²) in [5.41, 5.74) is -2.00. The average molecular weight is 894 g/mol. The normalized spacial score (nSPS) is 16.3. The van der Waals surface area contributed by atoms with Crippen LogP contribution in [-0.4, -0.2) is 109 Å². The minimum absolute atomic E-state index is 0.146. The van der Waals surface area contributed by atoms with Gasteiger partial charge >= 0.3 is 95.4 Å². The van der Waals surface area contributed by atoms with Crippen LogP contribution >= 0.6 is 0 Å². The molecule has 0 bridgehead atoms. The van der Waals surface area contributed by atoms with Crippen LogP contribution in [0.2, 0.25) is 0 Å². The highest BCUT2D eigenvalue weighted by Gasteiger charge is 2.95. The van der Waals surface area contributed by atoms with Crippen LogP contribution in [-0.2, 0) is 19.1 Å². The molecule has 34 heteroatoms. The first-order valence-electron chi connectivity index (χ1n) is 12.1. The van der Waals surface area contributed by atoms with Gasteiger partial charge in [0.25, 0.3) is 0 Å². The summed E-state index contributed by atoms with van der Waals surface area (Å²) in [6, 6.07) is 0. The highest BCUT2D eigenvalue weighted by atomic mass is 19.4. The Kier molecular flexibility index (Phi) is 13.0. The van der Waals surface area contributed by atoms with E-state index in [2.05, 4.69) is 9.47 Å². The zero-order chi connectivity index (χ0) is 45.3. The van der Waals surface area contributed by atoms with Crippen LogP contribution in [0.4, 0.5) is 132 Å². The number of hydrogen-bond acceptors (Lipinski definition) is 4. The standard InChI is InChI=1S/C21H8F30O4/c1-5(7(53)55-4-9(24,25)11(28,29)13(32,33)15(36,37)17(40,41)19(44,45)21(49,50)51)2-6(52)54-3-8(22,23)10(26,27)12(30,31)14(34,35)16(38,39)18(42,43)20(46,47)48/h2H,3-4H2,1H3/b5-2+. The van der Waals surface area contributed by atoms with Crippen LogP contribution in [0.15, 0.2) is 11.6 Å². The minimum Gasteiger partial charge on any atom is -0.456 e. The average Bonchev–Trinajstić information content (AvgIpc) is 2.96. The van der Waals surface area contributed by atoms with Crippen LogP contribution in [0, 0.1) is 0 Å². The van der Waals surface area contributed by atoms with Crippen LogP contribution in [0.1, 0.15) is 6.92 Å². The molecular formula is C21H8F30O4. The van der Waals surface area contributed by atoms with E-state index in [0.717, 1.165) is 0 Å². The van der Waals surface area contributed by atoms with Crippen molar-refractivity contribution in [1.29, 1.82) is 0 Å². The van der Waals surface area contributed by atoms with Crippen LogP contribution in [0.25, 0.3) is 0 Å². The van der Waals surface area contributed by atoms with Gasteiger partial charge in [-0.3, -0.25) is 0 Å². The molecular weight excluding hydrogens is 886 g/mol. The number of alkyl halides is 30. The second-order valence-electron chi connectivity index (χ2n) is 10.2. The molecule has 0 aromatic carbocycles. The van der Waals surface area contributed by atoms with E-state index in [9.17, 15) is 141 Å². The van der Waals surface area contributed by atoms with Crippen molar-refractivity contribution >= 4 is 11.9 Å². The van der Waals surface area contributed by atoms with Crippen molar-refractivity contribution < 1.29 is 151 Å². The summed E-state index contributed by atoms with van der Waals surface area (Å²) in [7, 11) is 0. The van der Waals surface area contributed by atoms with Gasteiger partial charge in [0.1, 0.15) is 0 Å². The summed E-state index contributed by atoms with van der Waals surface area (Å²) in [5.74, 6) is -106. The first-order valence-corrected chi connectivity index (χ1v) is 12.1. The molecule has 0 heterocycles. The third kappa shape index (κ3) is 7.69. The van der Waals surface area contributed by atoms with E-state index < -0.39 is 120 Å². The maximum Gasteiger partial charge on any atom is 0.460 e. The Bertz CT molecular complexity index is 1450. The van der Waals surface area contributed by atoms with Crippen molar-refractivity contribution in [2.75, 3.05) is 13.2 Å². The van der Waals surface area contributed by atoms with Gasteiger partial charge in [-0.25, -0.2) is 9.59 Å². The number of carbonyl (C=O) groups excluding carboxylic acids is 2. The number of esters is 2. The largest absolute Gasteiger partial charge is 0.460 e. The molecule has 0 N–H and O–H groups in total. The maximum absolute atomic E-state index is 13.8. The lowest BCUT2D eigenvalue weighted by atomic mass is 9.91. The van der Waals surface area contributed by atoms with Gasteiger partial charge in [0, 0.05) is 11.6 Å². The molecule has 0 aromatic heterocycles. The van der Waals surface area contributed by atoms with Crippen molar-refractivity contribution in [3.8, 4) is 0 Å². The smallest absolute Gasteiger partial charge is 0.456 e. The number of halogens is 30. The SMILES string of the molecule is C/C(=C\C(=O)OCC(F)(F)C(F)(F)C(F)(F)C(F)(F)C(F)(F)C(F)(F)C(F)(F)F)C(=O)OCC(F)(F)C(F)(F)C(F)(F)C(F)(F)C(F)(F)C(F)(F)C(F)(F)F. The van der Waals surface area contributed by atoms with E-state index >= 15 is 0 Å². The number of carbonyl (C=O) groups is 2. The van der Waals surface area contributed by atoms with E-state index in [4.69, 9.17) is 0 Å². The second kappa shape index (κ2) is 13.9. The Morgan fingerprint density at radius 1 is 0.364 bits per heavy atom. The van der Waals surface area contributed by atoms with Crippen molar-refractivity contribution in [2.45, 2.75) is 90.3 Å². The van der Waals surface area contributed by atoms with Gasteiger partial charge in [-0.05, 0) is 6.92 Å². The van der Waals surface area contributed by atoms with Crippen molar-refractivity contribution in [3.05, 3.63) is 11.6 Å². The lowest BCUT2D eigenvalue weighted by molar-refractivity contribution is -0.453. The van der Waals surface area contributed by atoms with Crippen LogP contribution in [0.5, 0.6) is 0 Å². The summed E-state index contributed by atoms with van der Waals surface area (Å²) in [5, 5.41) is 0. The summed E-state index contributed by atoms with van der Waals surface area (Å²) in [6.07, 6.45) is -16.9. The Balaban J connectivity index is 6.22. The Labute approximate surface area is 279 Å². The summed E-state index contributed by atoms with van der Waals surface area (Å²) in [6.45, 7) is -7.90. The van der Waals surface area contributed by atoms with E-state index in [0.29, 0.717) is 0 Å². The molecule has 0 saturated carbocycles. The first kappa shape index (κ1) is 51.6. The third-order valence-electron chi connectivity index (χ3n) is 6.22. The molecule has 0 atom stereocenters. The summed E-state index contributed by atoms with van der Waals surface area (Å²) < 4.78 is 400. The molecule has 0 aliphatic rings. The van der Waals surface area contributed by atoms with Crippen LogP contribution < -0.4 is 0 Å². The first-order chi connectivity index (χ1) is 23.4. The summed E-state index contributed by atoms with van der Waals surface area (Å²) in [4.78, 5) is 22.9. The van der Waals surface area contributed by atoms with Crippen molar-refractivity contribution in [1.82, 2.24) is 0 Å². The zero-order valence-corrected chi connectivity index (χ0v) is 24.5. The van der Waals surface area contributed by atoms with Gasteiger partial charge < -0.3 is 9.47 Å². The van der Waals surface area contributed by atoms with Gasteiger partial charge in [0.15, 0.2) is 13.2 Å². The molecule has 0 spiro atoms. The zero-order valence-electron chi connectivity index (χ0n) is 24.5. The molecule has 0 amide bonds. The molecule has 0 aliphatic heterocycles. The predicted molar refractivity (Wildman–Crippen MR) is 107 cm³/mol. The van der Waals surface area contributed by atoms with Gasteiger partial charge in [0.2, 0.25) is 0 Å². The van der Waals surface area contributed by atoms with E-state index in [1.54, 1.807) is 0 Å². The molecule has 55 heavy (non-hydrogen) atoms. The molecule has 0 unspecified atom stereocenters. The molecule has 0 fully saturated rings. The highest BCUT2D eigenvalue weighted by Crippen LogP contribution is 2.64. The lowest BCUT2D eigenvalue weighted by Gasteiger charge is -2.41. The summed E-state index contributed by atoms with van der Waals surface area (Å²) >= 11 is 0. The minimum atomic E-state index is -8.79. The van der Waals surface area contributed by atoms with Gasteiger partial charge in [-0.1, -0.05) is 0 Å². The quantitative estimate of drug-likeness (QED) is 0.0881. The van der Waals surface area contributed by atoms with E-state index in [1.807, 2.05) is 0 Å². The van der Waals surface area contributed by atoms with E-state index in [1.165, 1.54) is 0 Å². The number of hydrogen-bond donors (Lipinski definition) is 0.